The van der Waals surface area contributed by atoms with Gasteiger partial charge in [0.1, 0.15) is 0 Å². The van der Waals surface area contributed by atoms with Crippen molar-refractivity contribution >= 4 is 5.69 Å². The molecule has 1 N–H and O–H groups in total. The van der Waals surface area contributed by atoms with Gasteiger partial charge in [0.2, 0.25) is 0 Å². The van der Waals surface area contributed by atoms with E-state index in [2.05, 4.69) is 28.4 Å². The zero-order valence-electron chi connectivity index (χ0n) is 11.7. The molecule has 0 aromatic heterocycles. The lowest BCUT2D eigenvalue weighted by atomic mass is 10.1. The van der Waals surface area contributed by atoms with Gasteiger partial charge in [-0.1, -0.05) is 12.1 Å². The summed E-state index contributed by atoms with van der Waals surface area (Å²) in [6.07, 6.45) is 1.53. The fourth-order valence-electron chi connectivity index (χ4n) is 3.09. The summed E-state index contributed by atoms with van der Waals surface area (Å²) < 4.78 is 11.0. The summed E-state index contributed by atoms with van der Waals surface area (Å²) in [5, 5.41) is 3.44. The summed E-state index contributed by atoms with van der Waals surface area (Å²) in [7, 11) is 3.53. The van der Waals surface area contributed by atoms with Crippen LogP contribution in [0.25, 0.3) is 0 Å². The number of rotatable bonds is 4. The maximum Gasteiger partial charge on any atom is 0.0971 e. The number of fused-ring (bicyclic) bond motifs is 1. The van der Waals surface area contributed by atoms with Gasteiger partial charge in [0.25, 0.3) is 0 Å². The molecule has 0 aliphatic carbocycles. The Kier molecular flexibility index (Phi) is 3.73. The monoisotopic (exact) mass is 262 g/mol. The van der Waals surface area contributed by atoms with Crippen molar-refractivity contribution in [3.05, 3.63) is 29.3 Å². The van der Waals surface area contributed by atoms with Crippen LogP contribution in [0, 0.1) is 0 Å². The van der Waals surface area contributed by atoms with Gasteiger partial charge in [-0.15, -0.1) is 0 Å². The third kappa shape index (κ3) is 2.61. The van der Waals surface area contributed by atoms with E-state index in [0.717, 1.165) is 32.6 Å². The van der Waals surface area contributed by atoms with Crippen molar-refractivity contribution in [1.29, 1.82) is 0 Å². The zero-order valence-corrected chi connectivity index (χ0v) is 11.7. The number of benzene rings is 1. The summed E-state index contributed by atoms with van der Waals surface area (Å²) in [5.74, 6) is 0. The van der Waals surface area contributed by atoms with E-state index < -0.39 is 0 Å². The molecular formula is C15H22N2O2. The maximum atomic E-state index is 5.48. The molecule has 1 saturated heterocycles. The summed E-state index contributed by atoms with van der Waals surface area (Å²) in [6.45, 7) is 3.92. The molecule has 19 heavy (non-hydrogen) atoms. The lowest BCUT2D eigenvalue weighted by molar-refractivity contribution is -0.00461. The molecule has 3 rings (SSSR count). The Balaban J connectivity index is 1.66. The smallest absolute Gasteiger partial charge is 0.0971 e. The molecule has 0 bridgehead atoms. The van der Waals surface area contributed by atoms with E-state index in [1.807, 2.05) is 0 Å². The molecule has 4 heteroatoms. The Hall–Kier alpha value is -1.10. The summed E-state index contributed by atoms with van der Waals surface area (Å²) in [6, 6.07) is 6.78. The molecule has 0 saturated carbocycles. The summed E-state index contributed by atoms with van der Waals surface area (Å²) >= 11 is 0. The highest BCUT2D eigenvalue weighted by Crippen LogP contribution is 2.25. The van der Waals surface area contributed by atoms with Crippen LogP contribution in [0.2, 0.25) is 0 Å². The second-order valence-electron chi connectivity index (χ2n) is 5.41. The maximum absolute atomic E-state index is 5.48. The summed E-state index contributed by atoms with van der Waals surface area (Å²) in [5.41, 5.74) is 4.11. The van der Waals surface area contributed by atoms with Crippen molar-refractivity contribution < 1.29 is 9.47 Å². The Morgan fingerprint density at radius 2 is 1.95 bits per heavy atom. The van der Waals surface area contributed by atoms with Gasteiger partial charge in [-0.05, 0) is 23.6 Å². The Morgan fingerprint density at radius 3 is 2.63 bits per heavy atom. The zero-order chi connectivity index (χ0) is 13.2. The molecule has 1 aromatic carbocycles. The van der Waals surface area contributed by atoms with Crippen molar-refractivity contribution in [2.24, 2.45) is 0 Å². The fraction of sp³-hybridized carbons (Fsp3) is 0.600. The highest BCUT2D eigenvalue weighted by molar-refractivity contribution is 5.57. The average Bonchev–Trinajstić information content (AvgIpc) is 3.04. The van der Waals surface area contributed by atoms with Crippen LogP contribution in [-0.2, 0) is 22.4 Å². The predicted octanol–water partition coefficient (Wildman–Crippen LogP) is 1.50. The third-order valence-electron chi connectivity index (χ3n) is 4.19. The van der Waals surface area contributed by atoms with E-state index >= 15 is 0 Å². The topological polar surface area (TPSA) is 33.7 Å². The van der Waals surface area contributed by atoms with E-state index in [0.29, 0.717) is 0 Å². The predicted molar refractivity (Wildman–Crippen MR) is 75.5 cm³/mol. The van der Waals surface area contributed by atoms with Gasteiger partial charge >= 0.3 is 0 Å². The van der Waals surface area contributed by atoms with E-state index in [1.165, 1.54) is 16.8 Å². The molecule has 2 unspecified atom stereocenters. The van der Waals surface area contributed by atoms with E-state index in [-0.39, 0.29) is 12.2 Å². The first kappa shape index (κ1) is 12.9. The Bertz CT molecular complexity index is 438. The molecule has 1 fully saturated rings. The second-order valence-corrected chi connectivity index (χ2v) is 5.41. The molecule has 1 aromatic rings. The van der Waals surface area contributed by atoms with Gasteiger partial charge in [0, 0.05) is 46.1 Å². The first-order chi connectivity index (χ1) is 9.30. The van der Waals surface area contributed by atoms with Gasteiger partial charge in [0.15, 0.2) is 0 Å². The van der Waals surface area contributed by atoms with Gasteiger partial charge < -0.3 is 14.8 Å². The number of methoxy groups -OCH3 is 2. The van der Waals surface area contributed by atoms with Gasteiger partial charge in [-0.3, -0.25) is 4.90 Å². The molecule has 2 aliphatic rings. The first-order valence-electron chi connectivity index (χ1n) is 6.94. The van der Waals surface area contributed by atoms with E-state index in [4.69, 9.17) is 9.47 Å². The highest BCUT2D eigenvalue weighted by Gasteiger charge is 2.32. The lowest BCUT2D eigenvalue weighted by Crippen LogP contribution is -2.27. The van der Waals surface area contributed by atoms with Crippen LogP contribution in [0.5, 0.6) is 0 Å². The molecule has 0 amide bonds. The Morgan fingerprint density at radius 1 is 1.21 bits per heavy atom. The summed E-state index contributed by atoms with van der Waals surface area (Å²) in [4.78, 5) is 2.40. The number of anilines is 1. The Labute approximate surface area is 114 Å². The molecule has 4 nitrogen and oxygen atoms in total. The lowest BCUT2D eigenvalue weighted by Gasteiger charge is -2.15. The average molecular weight is 262 g/mol. The number of likely N-dealkylation sites (tertiary alicyclic amines) is 1. The number of hydrogen-bond acceptors (Lipinski definition) is 4. The molecule has 2 heterocycles. The van der Waals surface area contributed by atoms with Gasteiger partial charge in [-0.2, -0.15) is 0 Å². The highest BCUT2D eigenvalue weighted by atomic mass is 16.5. The van der Waals surface area contributed by atoms with Gasteiger partial charge in [0.05, 0.1) is 12.2 Å². The number of ether oxygens (including phenoxy) is 2. The minimum absolute atomic E-state index is 0.192. The standard InChI is InChI=1S/C15H22N2O2/c1-18-14-9-17(10-15(14)19-2)8-11-3-4-12-5-6-16-13(12)7-11/h3-4,7,14-16H,5-6,8-10H2,1-2H3. The van der Waals surface area contributed by atoms with Crippen molar-refractivity contribution in [1.82, 2.24) is 4.90 Å². The van der Waals surface area contributed by atoms with Crippen molar-refractivity contribution in [3.63, 3.8) is 0 Å². The van der Waals surface area contributed by atoms with Crippen LogP contribution in [-0.4, -0.2) is 51.0 Å². The molecule has 2 atom stereocenters. The minimum Gasteiger partial charge on any atom is -0.384 e. The molecule has 0 spiro atoms. The molecule has 2 aliphatic heterocycles. The van der Waals surface area contributed by atoms with Crippen LogP contribution < -0.4 is 5.32 Å². The van der Waals surface area contributed by atoms with Crippen LogP contribution in [0.15, 0.2) is 18.2 Å². The fourth-order valence-corrected chi connectivity index (χ4v) is 3.09. The quantitative estimate of drug-likeness (QED) is 0.891. The van der Waals surface area contributed by atoms with E-state index in [1.54, 1.807) is 14.2 Å². The minimum atomic E-state index is 0.192. The molecule has 0 radical (unpaired) electrons. The normalized spacial score (nSPS) is 26.4. The van der Waals surface area contributed by atoms with Crippen molar-refractivity contribution in [2.75, 3.05) is 39.2 Å². The SMILES string of the molecule is COC1CN(Cc2ccc3c(c2)NCC3)CC1OC. The number of nitrogens with one attached hydrogen (secondary N) is 1. The molecule has 104 valence electrons. The van der Waals surface area contributed by atoms with Gasteiger partial charge in [-0.25, -0.2) is 0 Å². The molecular weight excluding hydrogens is 240 g/mol. The first-order valence-corrected chi connectivity index (χ1v) is 6.94. The largest absolute Gasteiger partial charge is 0.384 e. The number of hydrogen-bond donors (Lipinski definition) is 1. The van der Waals surface area contributed by atoms with Crippen LogP contribution in [0.3, 0.4) is 0 Å². The van der Waals surface area contributed by atoms with Crippen molar-refractivity contribution in [3.8, 4) is 0 Å². The second kappa shape index (κ2) is 5.49. The van der Waals surface area contributed by atoms with Crippen LogP contribution >= 0.6 is 0 Å². The van der Waals surface area contributed by atoms with E-state index in [9.17, 15) is 0 Å². The van der Waals surface area contributed by atoms with Crippen molar-refractivity contribution in [2.45, 2.75) is 25.2 Å². The third-order valence-corrected chi connectivity index (χ3v) is 4.19. The number of nitrogens with zero attached hydrogens (tertiary/aromatic N) is 1. The van der Waals surface area contributed by atoms with Crippen LogP contribution in [0.4, 0.5) is 5.69 Å². The van der Waals surface area contributed by atoms with Crippen LogP contribution in [0.1, 0.15) is 11.1 Å².